The van der Waals surface area contributed by atoms with Crippen LogP contribution in [0.1, 0.15) is 21.6 Å². The molecule has 0 N–H and O–H groups in total. The Balaban J connectivity index is 1.33. The van der Waals surface area contributed by atoms with Crippen molar-refractivity contribution in [3.63, 3.8) is 0 Å². The maximum absolute atomic E-state index is 13.9. The molecule has 198 valence electrons. The Labute approximate surface area is 237 Å². The molecule has 7 heteroatoms. The van der Waals surface area contributed by atoms with Gasteiger partial charge in [-0.2, -0.15) is 0 Å². The Morgan fingerprint density at radius 1 is 0.897 bits per heavy atom. The topological polar surface area (TPSA) is 46.3 Å². The highest BCUT2D eigenvalue weighted by Gasteiger charge is 2.25. The Bertz CT molecular complexity index is 1610. The molecule has 6 nitrogen and oxygen atoms in total. The molecule has 0 bridgehead atoms. The van der Waals surface area contributed by atoms with E-state index in [1.54, 1.807) is 0 Å². The maximum Gasteiger partial charge on any atom is 0.256 e. The van der Waals surface area contributed by atoms with E-state index in [9.17, 15) is 4.79 Å². The number of hydrogen-bond acceptors (Lipinski definition) is 3. The van der Waals surface area contributed by atoms with Crippen LogP contribution in [-0.2, 0) is 19.5 Å². The number of halogens is 1. The Morgan fingerprint density at radius 3 is 2.51 bits per heavy atom. The minimum absolute atomic E-state index is 0.104. The Kier molecular flexibility index (Phi) is 7.35. The number of benzene rings is 3. The van der Waals surface area contributed by atoms with E-state index < -0.39 is 0 Å². The molecule has 0 radical (unpaired) electrons. The van der Waals surface area contributed by atoms with Gasteiger partial charge in [0.2, 0.25) is 0 Å². The third-order valence-corrected chi connectivity index (χ3v) is 8.48. The van der Waals surface area contributed by atoms with Crippen molar-refractivity contribution in [2.45, 2.75) is 19.5 Å². The number of nitrogens with zero attached hydrogens (tertiary/aromatic N) is 5. The van der Waals surface area contributed by atoms with Gasteiger partial charge in [-0.1, -0.05) is 76.6 Å². The van der Waals surface area contributed by atoms with Crippen molar-refractivity contribution < 1.29 is 4.79 Å². The molecule has 1 aliphatic heterocycles. The standard InChI is InChI=1S/C32H32BrN5O/c1-35-15-17-37(18-16-35)32(39)30-22-36(21-29(30)28-11-6-9-24-7-2-4-10-27(24)28)20-26-19-34-23-38(26)14-13-25-8-3-5-12-31(25)33/h2-12,19,21-23H,13-18,20H2,1H3. The number of carbonyl (C=O) groups is 1. The summed E-state index contributed by atoms with van der Waals surface area (Å²) in [5.41, 5.74) is 5.22. The van der Waals surface area contributed by atoms with Crippen molar-refractivity contribution in [2.24, 2.45) is 0 Å². The molecule has 0 unspecified atom stereocenters. The molecule has 6 rings (SSSR count). The number of likely N-dealkylation sites (N-methyl/N-ethyl adjacent to an activating group) is 1. The molecule has 3 heterocycles. The number of aromatic nitrogens is 3. The SMILES string of the molecule is CN1CCN(C(=O)c2cn(Cc3cncn3CCc3ccccc3Br)cc2-c2cccc3ccccc23)CC1. The molecule has 2 aromatic heterocycles. The van der Waals surface area contributed by atoms with E-state index in [2.05, 4.69) is 109 Å². The number of amides is 1. The van der Waals surface area contributed by atoms with Crippen LogP contribution < -0.4 is 0 Å². The smallest absolute Gasteiger partial charge is 0.256 e. The first-order valence-electron chi connectivity index (χ1n) is 13.4. The molecule has 0 spiro atoms. The highest BCUT2D eigenvalue weighted by molar-refractivity contribution is 9.10. The summed E-state index contributed by atoms with van der Waals surface area (Å²) in [5.74, 6) is 0.104. The van der Waals surface area contributed by atoms with Crippen LogP contribution in [0, 0.1) is 0 Å². The third-order valence-electron chi connectivity index (χ3n) is 7.70. The predicted molar refractivity (Wildman–Crippen MR) is 160 cm³/mol. The van der Waals surface area contributed by atoms with Gasteiger partial charge in [0.25, 0.3) is 5.91 Å². The van der Waals surface area contributed by atoms with Crippen molar-refractivity contribution in [1.82, 2.24) is 23.9 Å². The van der Waals surface area contributed by atoms with Crippen LogP contribution in [0.5, 0.6) is 0 Å². The van der Waals surface area contributed by atoms with Gasteiger partial charge in [-0.05, 0) is 41.4 Å². The summed E-state index contributed by atoms with van der Waals surface area (Å²) in [6, 6.07) is 23.1. The first kappa shape index (κ1) is 25.6. The van der Waals surface area contributed by atoms with Crippen LogP contribution >= 0.6 is 15.9 Å². The van der Waals surface area contributed by atoms with Crippen LogP contribution in [0.2, 0.25) is 0 Å². The second-order valence-corrected chi connectivity index (χ2v) is 11.2. The molecule has 1 amide bonds. The summed E-state index contributed by atoms with van der Waals surface area (Å²) in [4.78, 5) is 22.6. The lowest BCUT2D eigenvalue weighted by Crippen LogP contribution is -2.47. The van der Waals surface area contributed by atoms with Gasteiger partial charge in [0.1, 0.15) is 0 Å². The Hall–Kier alpha value is -3.68. The van der Waals surface area contributed by atoms with Crippen molar-refractivity contribution in [3.8, 4) is 11.1 Å². The largest absolute Gasteiger partial charge is 0.347 e. The number of carbonyl (C=O) groups excluding carboxylic acids is 1. The summed E-state index contributed by atoms with van der Waals surface area (Å²) in [6.07, 6.45) is 8.90. The zero-order chi connectivity index (χ0) is 26.8. The first-order valence-corrected chi connectivity index (χ1v) is 14.2. The van der Waals surface area contributed by atoms with E-state index >= 15 is 0 Å². The summed E-state index contributed by atoms with van der Waals surface area (Å²) in [6.45, 7) is 4.76. The summed E-state index contributed by atoms with van der Waals surface area (Å²) in [7, 11) is 2.11. The summed E-state index contributed by atoms with van der Waals surface area (Å²) < 4.78 is 5.48. The lowest BCUT2D eigenvalue weighted by atomic mass is 9.97. The molecule has 1 aliphatic rings. The average molecular weight is 583 g/mol. The molecule has 3 aromatic carbocycles. The fourth-order valence-electron chi connectivity index (χ4n) is 5.43. The van der Waals surface area contributed by atoms with Crippen molar-refractivity contribution in [2.75, 3.05) is 33.2 Å². The van der Waals surface area contributed by atoms with Gasteiger partial charge in [0.05, 0.1) is 24.1 Å². The molecule has 0 aliphatic carbocycles. The van der Waals surface area contributed by atoms with Crippen molar-refractivity contribution in [3.05, 3.63) is 113 Å². The van der Waals surface area contributed by atoms with Gasteiger partial charge in [0, 0.05) is 61.4 Å². The number of rotatable bonds is 7. The molecule has 1 fully saturated rings. The van der Waals surface area contributed by atoms with Crippen LogP contribution in [-0.4, -0.2) is 63.1 Å². The molecule has 39 heavy (non-hydrogen) atoms. The lowest BCUT2D eigenvalue weighted by Gasteiger charge is -2.32. The molecular weight excluding hydrogens is 550 g/mol. The zero-order valence-corrected chi connectivity index (χ0v) is 23.7. The van der Waals surface area contributed by atoms with Crippen LogP contribution in [0.15, 0.2) is 96.1 Å². The summed E-state index contributed by atoms with van der Waals surface area (Å²) >= 11 is 3.66. The van der Waals surface area contributed by atoms with Gasteiger partial charge in [0.15, 0.2) is 0 Å². The highest BCUT2D eigenvalue weighted by Crippen LogP contribution is 2.33. The van der Waals surface area contributed by atoms with Gasteiger partial charge in [-0.25, -0.2) is 4.98 Å². The van der Waals surface area contributed by atoms with E-state index in [1.807, 2.05) is 29.7 Å². The van der Waals surface area contributed by atoms with Crippen molar-refractivity contribution >= 4 is 32.6 Å². The maximum atomic E-state index is 13.9. The average Bonchev–Trinajstić information content (AvgIpc) is 3.59. The van der Waals surface area contributed by atoms with Crippen LogP contribution in [0.3, 0.4) is 0 Å². The lowest BCUT2D eigenvalue weighted by molar-refractivity contribution is 0.0665. The fourth-order valence-corrected chi connectivity index (χ4v) is 5.92. The second kappa shape index (κ2) is 11.2. The first-order chi connectivity index (χ1) is 19.1. The Morgan fingerprint density at radius 2 is 1.67 bits per heavy atom. The normalized spacial score (nSPS) is 14.3. The van der Waals surface area contributed by atoms with E-state index in [0.29, 0.717) is 6.54 Å². The second-order valence-electron chi connectivity index (χ2n) is 10.3. The van der Waals surface area contributed by atoms with Gasteiger partial charge in [-0.15, -0.1) is 0 Å². The minimum atomic E-state index is 0.104. The monoisotopic (exact) mass is 581 g/mol. The number of fused-ring (bicyclic) bond motifs is 1. The molecular formula is C32H32BrN5O. The van der Waals surface area contributed by atoms with E-state index in [4.69, 9.17) is 0 Å². The highest BCUT2D eigenvalue weighted by atomic mass is 79.9. The zero-order valence-electron chi connectivity index (χ0n) is 22.1. The molecule has 5 aromatic rings. The van der Waals surface area contributed by atoms with E-state index in [-0.39, 0.29) is 5.91 Å². The van der Waals surface area contributed by atoms with Crippen LogP contribution in [0.25, 0.3) is 21.9 Å². The molecule has 0 saturated carbocycles. The molecule has 0 atom stereocenters. The number of aryl methyl sites for hydroxylation is 2. The van der Waals surface area contributed by atoms with Crippen LogP contribution in [0.4, 0.5) is 0 Å². The van der Waals surface area contributed by atoms with E-state index in [1.165, 1.54) is 10.9 Å². The molecule has 1 saturated heterocycles. The van der Waals surface area contributed by atoms with Crippen molar-refractivity contribution in [1.29, 1.82) is 0 Å². The number of hydrogen-bond donors (Lipinski definition) is 0. The number of imidazole rings is 1. The minimum Gasteiger partial charge on any atom is -0.347 e. The quantitative estimate of drug-likeness (QED) is 0.239. The fraction of sp³-hybridized carbons (Fsp3) is 0.250. The van der Waals surface area contributed by atoms with Gasteiger partial charge < -0.3 is 18.9 Å². The third kappa shape index (κ3) is 5.42. The van der Waals surface area contributed by atoms with E-state index in [0.717, 1.165) is 71.4 Å². The summed E-state index contributed by atoms with van der Waals surface area (Å²) in [5, 5.41) is 2.33. The van der Waals surface area contributed by atoms with Gasteiger partial charge >= 0.3 is 0 Å². The number of piperazine rings is 1. The van der Waals surface area contributed by atoms with Gasteiger partial charge in [-0.3, -0.25) is 4.79 Å². The predicted octanol–water partition coefficient (Wildman–Crippen LogP) is 5.95.